The van der Waals surface area contributed by atoms with Crippen LogP contribution in [0, 0.1) is 0 Å². The molecule has 0 atom stereocenters. The van der Waals surface area contributed by atoms with E-state index in [1.807, 2.05) is 0 Å². The number of para-hydroxylation sites is 4. The lowest BCUT2D eigenvalue weighted by Gasteiger charge is -2.29. The molecule has 322 valence electrons. The highest BCUT2D eigenvalue weighted by molar-refractivity contribution is 6.28. The molecule has 2 heterocycles. The highest BCUT2D eigenvalue weighted by Crippen LogP contribution is 2.51. The minimum absolute atomic E-state index is 0.328. The van der Waals surface area contributed by atoms with E-state index in [2.05, 4.69) is 221 Å². The Morgan fingerprint density at radius 1 is 0.348 bits per heavy atom. The van der Waals surface area contributed by atoms with Crippen LogP contribution in [0.1, 0.15) is 75.6 Å². The lowest BCUT2D eigenvalue weighted by Crippen LogP contribution is -2.12. The van der Waals surface area contributed by atoms with Crippen LogP contribution >= 0.6 is 0 Å². The Morgan fingerprint density at radius 2 is 0.712 bits per heavy atom. The van der Waals surface area contributed by atoms with E-state index in [-0.39, 0.29) is 0 Å². The van der Waals surface area contributed by atoms with Crippen LogP contribution < -0.4 is 9.80 Å². The van der Waals surface area contributed by atoms with Gasteiger partial charge in [0.2, 0.25) is 0 Å². The number of hydrogen-bond donors (Lipinski definition) is 0. The molecule has 0 spiro atoms. The summed E-state index contributed by atoms with van der Waals surface area (Å²) in [6, 6.07) is 62.9. The van der Waals surface area contributed by atoms with Crippen LogP contribution in [0.25, 0.3) is 76.2 Å². The lowest BCUT2D eigenvalue weighted by molar-refractivity contribution is 0.657. The van der Waals surface area contributed by atoms with Gasteiger partial charge in [-0.05, 0) is 117 Å². The fourth-order valence-corrected chi connectivity index (χ4v) is 10.7. The number of furan rings is 2. The summed E-state index contributed by atoms with van der Waals surface area (Å²) in [5.74, 6) is 0.655. The van der Waals surface area contributed by atoms with Crippen LogP contribution in [-0.2, 0) is 12.8 Å². The molecule has 0 aliphatic heterocycles. The van der Waals surface area contributed by atoms with E-state index in [9.17, 15) is 0 Å². The maximum Gasteiger partial charge on any atom is 0.159 e. The zero-order chi connectivity index (χ0) is 44.8. The molecule has 4 heteroatoms. The first-order valence-corrected chi connectivity index (χ1v) is 23.7. The van der Waals surface area contributed by atoms with Crippen LogP contribution in [0.4, 0.5) is 34.1 Å². The van der Waals surface area contributed by atoms with Gasteiger partial charge < -0.3 is 18.6 Å². The first-order chi connectivity index (χ1) is 32.3. The number of nitrogens with zero attached hydrogens (tertiary/aromatic N) is 2. The molecule has 0 saturated carbocycles. The topological polar surface area (TPSA) is 32.8 Å². The molecule has 0 radical (unpaired) electrons. The molecule has 0 amide bonds. The summed E-state index contributed by atoms with van der Waals surface area (Å²) >= 11 is 0. The number of aryl methyl sites for hydroxylation is 2. The van der Waals surface area contributed by atoms with Gasteiger partial charge >= 0.3 is 0 Å². The Bertz CT molecular complexity index is 3540. The highest BCUT2D eigenvalue weighted by Gasteiger charge is 2.26. The Morgan fingerprint density at radius 3 is 1.09 bits per heavy atom. The van der Waals surface area contributed by atoms with E-state index >= 15 is 0 Å². The van der Waals surface area contributed by atoms with Gasteiger partial charge in [0.25, 0.3) is 0 Å². The fraction of sp³-hybridized carbons (Fsp3) is 0.161. The van der Waals surface area contributed by atoms with Crippen molar-refractivity contribution in [2.75, 3.05) is 9.80 Å². The molecule has 0 aliphatic rings. The number of fused-ring (bicyclic) bond motifs is 6. The van der Waals surface area contributed by atoms with Crippen molar-refractivity contribution in [1.82, 2.24) is 0 Å². The van der Waals surface area contributed by atoms with Gasteiger partial charge in [0.15, 0.2) is 11.2 Å². The molecule has 12 rings (SSSR count). The van der Waals surface area contributed by atoms with Crippen LogP contribution in [0.3, 0.4) is 0 Å². The third kappa shape index (κ3) is 6.11. The van der Waals surface area contributed by atoms with E-state index in [0.29, 0.717) is 11.8 Å². The smallest absolute Gasteiger partial charge is 0.159 e. The third-order valence-electron chi connectivity index (χ3n) is 14.1. The van der Waals surface area contributed by atoms with Crippen molar-refractivity contribution in [3.63, 3.8) is 0 Å². The molecule has 2 aromatic heterocycles. The molecule has 0 aliphatic carbocycles. The molecule has 12 aromatic rings. The molecule has 10 aromatic carbocycles. The summed E-state index contributed by atoms with van der Waals surface area (Å²) in [6.45, 7) is 13.4. The van der Waals surface area contributed by atoms with Crippen molar-refractivity contribution < 1.29 is 8.83 Å². The summed E-state index contributed by atoms with van der Waals surface area (Å²) < 4.78 is 14.0. The SMILES string of the molecule is CCc1ccc(N(c2ccc3ccc4c(N(c5ccc(CC)cc5)c5cccc6c5oc5c(C(C)C)cccc56)ccc5ccc2c3c54)c2cccc3c2oc2c(C(C)C)cccc23)cc1. The average molecular weight is 857 g/mol. The van der Waals surface area contributed by atoms with Crippen LogP contribution in [0.15, 0.2) is 179 Å². The summed E-state index contributed by atoms with van der Waals surface area (Å²) in [5, 5.41) is 11.8. The molecule has 66 heavy (non-hydrogen) atoms. The largest absolute Gasteiger partial charge is 0.454 e. The second-order valence-corrected chi connectivity index (χ2v) is 18.6. The first kappa shape index (κ1) is 40.0. The summed E-state index contributed by atoms with van der Waals surface area (Å²) in [5.41, 5.74) is 15.2. The Kier molecular flexibility index (Phi) is 9.43. The van der Waals surface area contributed by atoms with Gasteiger partial charge in [-0.25, -0.2) is 0 Å². The van der Waals surface area contributed by atoms with Crippen LogP contribution in [0.5, 0.6) is 0 Å². The summed E-state index contributed by atoms with van der Waals surface area (Å²) in [6.07, 6.45) is 1.95. The number of hydrogen-bond acceptors (Lipinski definition) is 4. The quantitative estimate of drug-likeness (QED) is 0.128. The second-order valence-electron chi connectivity index (χ2n) is 18.6. The van der Waals surface area contributed by atoms with E-state index in [4.69, 9.17) is 8.83 Å². The Hall–Kier alpha value is -7.56. The summed E-state index contributed by atoms with van der Waals surface area (Å²) in [7, 11) is 0. The van der Waals surface area contributed by atoms with Gasteiger partial charge in [0.1, 0.15) is 11.2 Å². The third-order valence-corrected chi connectivity index (χ3v) is 14.1. The molecule has 4 nitrogen and oxygen atoms in total. The second kappa shape index (κ2) is 15.6. The van der Waals surface area contributed by atoms with Gasteiger partial charge in [0, 0.05) is 43.7 Å². The molecule has 0 N–H and O–H groups in total. The normalized spacial score (nSPS) is 12.2. The van der Waals surface area contributed by atoms with Crippen molar-refractivity contribution in [2.24, 2.45) is 0 Å². The standard InChI is InChI=1S/C62H52N2O2/c1-7-39-21-29-43(30-22-39)63(55-19-11-17-49-47-15-9-13-45(37(3)4)59(47)65-61(49)55)53-35-27-41-26-34-52-54(36-28-42-25-33-51(53)57(41)58(42)52)64(44-31-23-40(8-2)24-32-44)56-20-12-18-50-48-16-10-14-46(38(5)6)60(48)66-62(50)56/h9-38H,7-8H2,1-6H3. The van der Waals surface area contributed by atoms with Crippen LogP contribution in [-0.4, -0.2) is 0 Å². The average Bonchev–Trinajstić information content (AvgIpc) is 3.94. The van der Waals surface area contributed by atoms with Gasteiger partial charge in [-0.15, -0.1) is 0 Å². The van der Waals surface area contributed by atoms with Crippen LogP contribution in [0.2, 0.25) is 0 Å². The lowest BCUT2D eigenvalue weighted by atomic mass is 9.91. The number of benzene rings is 10. The monoisotopic (exact) mass is 856 g/mol. The maximum atomic E-state index is 7.02. The van der Waals surface area contributed by atoms with E-state index in [0.717, 1.165) is 90.8 Å². The van der Waals surface area contributed by atoms with Crippen molar-refractivity contribution in [2.45, 2.75) is 66.2 Å². The van der Waals surface area contributed by atoms with E-state index < -0.39 is 0 Å². The molecule has 0 unspecified atom stereocenters. The first-order valence-electron chi connectivity index (χ1n) is 23.7. The molecule has 0 saturated heterocycles. The van der Waals surface area contributed by atoms with Crippen molar-refractivity contribution in [1.29, 1.82) is 0 Å². The Balaban J connectivity index is 1.12. The minimum Gasteiger partial charge on any atom is -0.454 e. The van der Waals surface area contributed by atoms with Gasteiger partial charge in [-0.3, -0.25) is 0 Å². The Labute approximate surface area is 385 Å². The molecular weight excluding hydrogens is 805 g/mol. The van der Waals surface area contributed by atoms with Gasteiger partial charge in [-0.1, -0.05) is 163 Å². The number of anilines is 6. The fourth-order valence-electron chi connectivity index (χ4n) is 10.7. The predicted molar refractivity (Wildman–Crippen MR) is 281 cm³/mol. The number of rotatable bonds is 10. The molecular formula is C62H52N2O2. The predicted octanol–water partition coefficient (Wildman–Crippen LogP) is 18.7. The van der Waals surface area contributed by atoms with Crippen molar-refractivity contribution >= 4 is 110 Å². The highest BCUT2D eigenvalue weighted by atomic mass is 16.3. The zero-order valence-electron chi connectivity index (χ0n) is 38.4. The zero-order valence-corrected chi connectivity index (χ0v) is 38.4. The van der Waals surface area contributed by atoms with Gasteiger partial charge in [-0.2, -0.15) is 0 Å². The van der Waals surface area contributed by atoms with E-state index in [1.54, 1.807) is 0 Å². The maximum absolute atomic E-state index is 7.02. The molecule has 0 fully saturated rings. The van der Waals surface area contributed by atoms with Crippen molar-refractivity contribution in [3.8, 4) is 0 Å². The minimum atomic E-state index is 0.328. The van der Waals surface area contributed by atoms with E-state index in [1.165, 1.54) is 54.6 Å². The summed E-state index contributed by atoms with van der Waals surface area (Å²) in [4.78, 5) is 4.84. The van der Waals surface area contributed by atoms with Crippen molar-refractivity contribution in [3.05, 3.63) is 192 Å². The van der Waals surface area contributed by atoms with Gasteiger partial charge in [0.05, 0.1) is 22.7 Å². The molecule has 0 bridgehead atoms.